The Morgan fingerprint density at radius 2 is 1.86 bits per heavy atom. The number of carbonyl (C=O) groups excluding carboxylic acids is 1. The highest BCUT2D eigenvalue weighted by atomic mass is 16.5. The lowest BCUT2D eigenvalue weighted by Crippen LogP contribution is -2.52. The van der Waals surface area contributed by atoms with Crippen LogP contribution < -0.4 is 0 Å². The average molecular weight is 306 g/mol. The largest absolute Gasteiger partial charge is 0.387 e. The van der Waals surface area contributed by atoms with Crippen LogP contribution in [-0.2, 0) is 9.53 Å². The predicted molar refractivity (Wildman–Crippen MR) is 85.5 cm³/mol. The molecule has 0 spiro atoms. The average Bonchev–Trinajstić information content (AvgIpc) is 2.56. The van der Waals surface area contributed by atoms with Gasteiger partial charge in [0.15, 0.2) is 0 Å². The van der Waals surface area contributed by atoms with E-state index in [0.29, 0.717) is 26.2 Å². The Bertz CT molecular complexity index is 458. The third kappa shape index (κ3) is 4.53. The Kier molecular flexibility index (Phi) is 6.36. The van der Waals surface area contributed by atoms with Crippen LogP contribution in [0.25, 0.3) is 0 Å². The van der Waals surface area contributed by atoms with E-state index < -0.39 is 6.10 Å². The molecule has 0 radical (unpaired) electrons. The minimum atomic E-state index is -0.481. The molecule has 1 saturated heterocycles. The van der Waals surface area contributed by atoms with Gasteiger partial charge in [0.2, 0.25) is 0 Å². The van der Waals surface area contributed by atoms with Crippen LogP contribution in [0.3, 0.4) is 0 Å². The van der Waals surface area contributed by atoms with Crippen LogP contribution in [0.5, 0.6) is 0 Å². The first-order chi connectivity index (χ1) is 10.6. The highest BCUT2D eigenvalue weighted by molar-refractivity contribution is 5.80. The maximum absolute atomic E-state index is 12.2. The van der Waals surface area contributed by atoms with Crippen LogP contribution in [0.4, 0.5) is 0 Å². The maximum atomic E-state index is 12.2. The van der Waals surface area contributed by atoms with Crippen molar-refractivity contribution in [1.29, 1.82) is 0 Å². The van der Waals surface area contributed by atoms with Crippen LogP contribution in [0.1, 0.15) is 25.5 Å². The summed E-state index contributed by atoms with van der Waals surface area (Å²) in [6, 6.07) is 9.69. The van der Waals surface area contributed by atoms with Crippen LogP contribution in [0.2, 0.25) is 0 Å². The number of piperazine rings is 1. The smallest absolute Gasteiger partial charge is 0.251 e. The molecule has 1 amide bonds. The normalized spacial score (nSPS) is 19.0. The second kappa shape index (κ2) is 8.27. The summed E-state index contributed by atoms with van der Waals surface area (Å²) in [5.41, 5.74) is 0.936. The summed E-state index contributed by atoms with van der Waals surface area (Å²) >= 11 is 0. The first kappa shape index (κ1) is 16.9. The lowest BCUT2D eigenvalue weighted by molar-refractivity contribution is -0.144. The molecule has 122 valence electrons. The van der Waals surface area contributed by atoms with E-state index in [4.69, 9.17) is 4.74 Å². The first-order valence-electron chi connectivity index (χ1n) is 7.97. The molecule has 1 aliphatic heterocycles. The number of amides is 1. The Hall–Kier alpha value is -1.43. The summed E-state index contributed by atoms with van der Waals surface area (Å²) in [6.45, 7) is 7.81. The maximum Gasteiger partial charge on any atom is 0.251 e. The monoisotopic (exact) mass is 306 g/mol. The van der Waals surface area contributed by atoms with Gasteiger partial charge < -0.3 is 14.7 Å². The molecule has 0 saturated carbocycles. The summed E-state index contributed by atoms with van der Waals surface area (Å²) in [7, 11) is 0. The molecule has 2 atom stereocenters. The second-order valence-electron chi connectivity index (χ2n) is 5.65. The number of hydrogen-bond donors (Lipinski definition) is 1. The van der Waals surface area contributed by atoms with Gasteiger partial charge in [-0.2, -0.15) is 0 Å². The van der Waals surface area contributed by atoms with Gasteiger partial charge in [0, 0.05) is 39.3 Å². The highest BCUT2D eigenvalue weighted by Crippen LogP contribution is 2.15. The number of carbonyl (C=O) groups is 1. The second-order valence-corrected chi connectivity index (χ2v) is 5.65. The Labute approximate surface area is 132 Å². The van der Waals surface area contributed by atoms with E-state index in [0.717, 1.165) is 18.7 Å². The van der Waals surface area contributed by atoms with E-state index in [1.54, 1.807) is 6.92 Å². The van der Waals surface area contributed by atoms with Crippen molar-refractivity contribution in [3.05, 3.63) is 35.9 Å². The molecule has 1 heterocycles. The predicted octanol–water partition coefficient (Wildman–Crippen LogP) is 1.29. The van der Waals surface area contributed by atoms with Crippen LogP contribution in [-0.4, -0.2) is 66.2 Å². The number of hydrogen-bond acceptors (Lipinski definition) is 4. The number of aliphatic hydroxyl groups excluding tert-OH is 1. The van der Waals surface area contributed by atoms with E-state index >= 15 is 0 Å². The van der Waals surface area contributed by atoms with Gasteiger partial charge in [-0.15, -0.1) is 0 Å². The van der Waals surface area contributed by atoms with Crippen molar-refractivity contribution in [2.75, 3.05) is 39.3 Å². The number of benzene rings is 1. The van der Waals surface area contributed by atoms with Gasteiger partial charge >= 0.3 is 0 Å². The fourth-order valence-corrected chi connectivity index (χ4v) is 2.75. The Balaban J connectivity index is 1.79. The third-order valence-corrected chi connectivity index (χ3v) is 4.06. The number of nitrogens with zero attached hydrogens (tertiary/aromatic N) is 2. The number of β-amino-alcohol motifs (C(OH)–C–C–N with tert-alkyl or cyclic N) is 1. The molecule has 22 heavy (non-hydrogen) atoms. The molecule has 1 N–H and O–H groups in total. The molecule has 2 rings (SSSR count). The summed E-state index contributed by atoms with van der Waals surface area (Å²) in [5.74, 6) is 0.0603. The van der Waals surface area contributed by atoms with E-state index in [2.05, 4.69) is 4.90 Å². The van der Waals surface area contributed by atoms with Gasteiger partial charge in [0.05, 0.1) is 6.10 Å². The van der Waals surface area contributed by atoms with Crippen molar-refractivity contribution < 1.29 is 14.6 Å². The van der Waals surface area contributed by atoms with Gasteiger partial charge in [0.1, 0.15) is 6.10 Å². The Morgan fingerprint density at radius 3 is 2.45 bits per heavy atom. The van der Waals surface area contributed by atoms with Gasteiger partial charge in [0.25, 0.3) is 5.91 Å². The van der Waals surface area contributed by atoms with Crippen LogP contribution in [0.15, 0.2) is 30.3 Å². The summed E-state index contributed by atoms with van der Waals surface area (Å²) in [5, 5.41) is 10.3. The number of aliphatic hydroxyl groups is 1. The SMILES string of the molecule is CCO[C@@H](C)C(=O)N1CCN(C[C@H](O)c2ccccc2)CC1. The third-order valence-electron chi connectivity index (χ3n) is 4.06. The molecule has 0 unspecified atom stereocenters. The molecule has 1 aromatic carbocycles. The zero-order chi connectivity index (χ0) is 15.9. The Morgan fingerprint density at radius 1 is 1.23 bits per heavy atom. The molecule has 1 aromatic rings. The topological polar surface area (TPSA) is 53.0 Å². The van der Waals surface area contributed by atoms with E-state index in [1.165, 1.54) is 0 Å². The first-order valence-corrected chi connectivity index (χ1v) is 7.97. The fourth-order valence-electron chi connectivity index (χ4n) is 2.75. The van der Waals surface area contributed by atoms with Gasteiger partial charge in [-0.25, -0.2) is 0 Å². The summed E-state index contributed by atoms with van der Waals surface area (Å²) < 4.78 is 5.36. The fraction of sp³-hybridized carbons (Fsp3) is 0.588. The summed E-state index contributed by atoms with van der Waals surface area (Å²) in [6.07, 6.45) is -0.850. The zero-order valence-electron chi connectivity index (χ0n) is 13.4. The number of ether oxygens (including phenoxy) is 1. The van der Waals surface area contributed by atoms with Crippen molar-refractivity contribution in [1.82, 2.24) is 9.80 Å². The molecule has 0 aromatic heterocycles. The lowest BCUT2D eigenvalue weighted by atomic mass is 10.1. The molecule has 0 bridgehead atoms. The molecular weight excluding hydrogens is 280 g/mol. The van der Waals surface area contributed by atoms with E-state index in [9.17, 15) is 9.90 Å². The standard InChI is InChI=1S/C17H26N2O3/c1-3-22-14(2)17(21)19-11-9-18(10-12-19)13-16(20)15-7-5-4-6-8-15/h4-8,14,16,20H,3,9-13H2,1-2H3/t14-,16-/m0/s1. The van der Waals surface area contributed by atoms with Crippen LogP contribution in [0, 0.1) is 0 Å². The highest BCUT2D eigenvalue weighted by Gasteiger charge is 2.26. The van der Waals surface area contributed by atoms with Gasteiger partial charge in [-0.3, -0.25) is 9.69 Å². The quantitative estimate of drug-likeness (QED) is 0.860. The molecule has 5 nitrogen and oxygen atoms in total. The van der Waals surface area contributed by atoms with Crippen LogP contribution >= 0.6 is 0 Å². The molecule has 0 aliphatic carbocycles. The lowest BCUT2D eigenvalue weighted by Gasteiger charge is -2.36. The molecular formula is C17H26N2O3. The van der Waals surface area contributed by atoms with Crippen molar-refractivity contribution in [3.8, 4) is 0 Å². The minimum Gasteiger partial charge on any atom is -0.387 e. The van der Waals surface area contributed by atoms with E-state index in [-0.39, 0.29) is 12.0 Å². The van der Waals surface area contributed by atoms with E-state index in [1.807, 2.05) is 42.2 Å². The van der Waals surface area contributed by atoms with Crippen molar-refractivity contribution >= 4 is 5.91 Å². The van der Waals surface area contributed by atoms with Crippen molar-refractivity contribution in [2.24, 2.45) is 0 Å². The van der Waals surface area contributed by atoms with Crippen molar-refractivity contribution in [2.45, 2.75) is 26.1 Å². The zero-order valence-corrected chi connectivity index (χ0v) is 13.4. The molecule has 1 fully saturated rings. The molecule has 1 aliphatic rings. The number of rotatable bonds is 6. The van der Waals surface area contributed by atoms with Crippen molar-refractivity contribution in [3.63, 3.8) is 0 Å². The van der Waals surface area contributed by atoms with Gasteiger partial charge in [-0.1, -0.05) is 30.3 Å². The minimum absolute atomic E-state index is 0.0603. The molecule has 5 heteroatoms. The van der Waals surface area contributed by atoms with Gasteiger partial charge in [-0.05, 0) is 19.4 Å². The summed E-state index contributed by atoms with van der Waals surface area (Å²) in [4.78, 5) is 16.2.